The van der Waals surface area contributed by atoms with Crippen molar-refractivity contribution in [2.24, 2.45) is 0 Å². The molecule has 3 heterocycles. The van der Waals surface area contributed by atoms with Crippen LogP contribution < -0.4 is 0 Å². The Morgan fingerprint density at radius 3 is 1.03 bits per heavy atom. The maximum atomic E-state index is 14.4. The number of hydrogen-bond donors (Lipinski definition) is 0. The molecule has 0 N–H and O–H groups in total. The maximum absolute atomic E-state index is 14.4. The van der Waals surface area contributed by atoms with E-state index in [9.17, 15) is 17.6 Å². The van der Waals surface area contributed by atoms with E-state index in [1.807, 2.05) is 127 Å². The van der Waals surface area contributed by atoms with Crippen LogP contribution in [0, 0.1) is 23.3 Å². The molecule has 3 aromatic heterocycles. The molecule has 0 aliphatic heterocycles. The molecule has 0 amide bonds. The topological polar surface area (TPSA) is 74.3 Å². The van der Waals surface area contributed by atoms with Gasteiger partial charge in [-0.15, -0.1) is 0 Å². The number of para-hydroxylation sites is 4. The van der Waals surface area contributed by atoms with Crippen LogP contribution in [0.3, 0.4) is 0 Å². The van der Waals surface area contributed by atoms with Gasteiger partial charge in [0.05, 0.1) is 33.4 Å². The van der Waals surface area contributed by atoms with E-state index in [0.717, 1.165) is 17.7 Å². The number of rotatable bonds is 7. The van der Waals surface area contributed by atoms with Gasteiger partial charge in [0, 0.05) is 39.9 Å². The molecule has 7 aromatic carbocycles. The Morgan fingerprint density at radius 2 is 0.638 bits per heavy atom. The van der Waals surface area contributed by atoms with E-state index in [-0.39, 0.29) is 0 Å². The molecule has 7 nitrogen and oxygen atoms in total. The third-order valence-electron chi connectivity index (χ3n) is 9.80. The summed E-state index contributed by atoms with van der Waals surface area (Å²) in [6, 6.07) is 46.2. The highest BCUT2D eigenvalue weighted by Crippen LogP contribution is 2.34. The Kier molecular flexibility index (Phi) is 8.40. The van der Waals surface area contributed by atoms with Gasteiger partial charge in [-0.05, 0) is 48.5 Å². The maximum Gasteiger partial charge on any atom is 0.164 e. The van der Waals surface area contributed by atoms with Gasteiger partial charge in [0.2, 0.25) is 0 Å². The summed E-state index contributed by atoms with van der Waals surface area (Å²) in [6.07, 6.45) is 0. The highest BCUT2D eigenvalue weighted by molar-refractivity contribution is 5.85. The molecule has 10 aromatic rings. The van der Waals surface area contributed by atoms with Gasteiger partial charge < -0.3 is 0 Å². The molecular formula is C47H27F4N7. The van der Waals surface area contributed by atoms with Gasteiger partial charge >= 0.3 is 0 Å². The van der Waals surface area contributed by atoms with Crippen LogP contribution in [-0.4, -0.2) is 34.1 Å². The fourth-order valence-electron chi connectivity index (χ4n) is 7.19. The van der Waals surface area contributed by atoms with E-state index in [0.29, 0.717) is 84.8 Å². The van der Waals surface area contributed by atoms with Crippen molar-refractivity contribution < 1.29 is 17.6 Å². The second kappa shape index (κ2) is 14.1. The Hall–Kier alpha value is -7.79. The molecule has 0 aliphatic rings. The number of hydrogen-bond acceptors (Lipinski definition) is 5. The predicted octanol–water partition coefficient (Wildman–Crippen LogP) is 11.4. The summed E-state index contributed by atoms with van der Waals surface area (Å²) in [7, 11) is 0. The first kappa shape index (κ1) is 34.7. The minimum atomic E-state index is -0.691. The molecule has 0 saturated heterocycles. The minimum absolute atomic E-state index is 0.311. The van der Waals surface area contributed by atoms with Crippen LogP contribution in [0.4, 0.5) is 17.6 Å². The Bertz CT molecular complexity index is 2930. The van der Waals surface area contributed by atoms with Gasteiger partial charge in [-0.1, -0.05) is 103 Å². The van der Waals surface area contributed by atoms with Crippen LogP contribution in [0.2, 0.25) is 0 Å². The van der Waals surface area contributed by atoms with E-state index in [2.05, 4.69) is 0 Å². The number of imidazole rings is 2. The second-order valence-electron chi connectivity index (χ2n) is 13.6. The van der Waals surface area contributed by atoms with Crippen molar-refractivity contribution in [2.45, 2.75) is 0 Å². The van der Waals surface area contributed by atoms with Gasteiger partial charge in [0.1, 0.15) is 34.9 Å². The van der Waals surface area contributed by atoms with Crippen LogP contribution in [-0.2, 0) is 0 Å². The number of aromatic nitrogens is 7. The van der Waals surface area contributed by atoms with Crippen LogP contribution in [0.15, 0.2) is 164 Å². The van der Waals surface area contributed by atoms with Crippen molar-refractivity contribution in [2.75, 3.05) is 0 Å². The van der Waals surface area contributed by atoms with Gasteiger partial charge in [0.15, 0.2) is 17.5 Å². The molecule has 10 rings (SSSR count). The third kappa shape index (κ3) is 6.34. The summed E-state index contributed by atoms with van der Waals surface area (Å²) >= 11 is 0. The standard InChI is InChI=1S/C47H27F4N7/c48-33-22-34(49)25-37(24-33)57-41-12-6-4-10-39(41)52-46(57)31-18-14-29(15-19-31)44-54-43(28-8-2-1-3-9-28)55-45(56-44)30-16-20-32(21-17-30)47-53-40-11-5-7-13-42(40)58(47)38-26-35(50)23-36(51)27-38/h1-27H. The Morgan fingerprint density at radius 1 is 0.310 bits per heavy atom. The predicted molar refractivity (Wildman–Crippen MR) is 216 cm³/mol. The molecule has 0 atom stereocenters. The summed E-state index contributed by atoms with van der Waals surface area (Å²) < 4.78 is 61.2. The lowest BCUT2D eigenvalue weighted by Gasteiger charge is -2.12. The van der Waals surface area contributed by atoms with E-state index in [4.69, 9.17) is 24.9 Å². The fraction of sp³-hybridized carbons (Fsp3) is 0. The average Bonchev–Trinajstić information content (AvgIpc) is 3.83. The number of halogens is 4. The van der Waals surface area contributed by atoms with Crippen LogP contribution >= 0.6 is 0 Å². The van der Waals surface area contributed by atoms with Crippen LogP contribution in [0.25, 0.3) is 90.4 Å². The molecule has 0 radical (unpaired) electrons. The van der Waals surface area contributed by atoms with Gasteiger partial charge in [-0.25, -0.2) is 42.5 Å². The zero-order valence-electron chi connectivity index (χ0n) is 30.2. The number of nitrogens with zero attached hydrogens (tertiary/aromatic N) is 7. The first-order chi connectivity index (χ1) is 28.3. The average molecular weight is 766 g/mol. The zero-order chi connectivity index (χ0) is 39.3. The lowest BCUT2D eigenvalue weighted by Crippen LogP contribution is -2.01. The van der Waals surface area contributed by atoms with Crippen molar-refractivity contribution in [1.29, 1.82) is 0 Å². The quantitative estimate of drug-likeness (QED) is 0.151. The van der Waals surface area contributed by atoms with Gasteiger partial charge in [0.25, 0.3) is 0 Å². The normalized spacial score (nSPS) is 11.4. The van der Waals surface area contributed by atoms with E-state index in [1.165, 1.54) is 24.3 Å². The second-order valence-corrected chi connectivity index (χ2v) is 13.6. The van der Waals surface area contributed by atoms with Gasteiger partial charge in [-0.3, -0.25) is 9.13 Å². The summed E-state index contributed by atoms with van der Waals surface area (Å²) in [5.41, 5.74) is 7.01. The Balaban J connectivity index is 1.05. The van der Waals surface area contributed by atoms with Crippen LogP contribution in [0.5, 0.6) is 0 Å². The van der Waals surface area contributed by atoms with Crippen LogP contribution in [0.1, 0.15) is 0 Å². The third-order valence-corrected chi connectivity index (χ3v) is 9.80. The highest BCUT2D eigenvalue weighted by atomic mass is 19.1. The van der Waals surface area contributed by atoms with Crippen molar-refractivity contribution >= 4 is 22.1 Å². The van der Waals surface area contributed by atoms with E-state index in [1.54, 1.807) is 9.13 Å². The molecule has 11 heteroatoms. The summed E-state index contributed by atoms with van der Waals surface area (Å²) in [6.45, 7) is 0. The monoisotopic (exact) mass is 765 g/mol. The minimum Gasteiger partial charge on any atom is -0.292 e. The van der Waals surface area contributed by atoms with Crippen molar-refractivity contribution in [3.05, 3.63) is 187 Å². The zero-order valence-corrected chi connectivity index (χ0v) is 30.2. The Labute approximate surface area is 328 Å². The molecule has 0 unspecified atom stereocenters. The number of fused-ring (bicyclic) bond motifs is 2. The van der Waals surface area contributed by atoms with Crippen molar-refractivity contribution in [1.82, 2.24) is 34.1 Å². The first-order valence-corrected chi connectivity index (χ1v) is 18.3. The molecule has 0 bridgehead atoms. The summed E-state index contributed by atoms with van der Waals surface area (Å²) in [5.74, 6) is -0.421. The summed E-state index contributed by atoms with van der Waals surface area (Å²) in [5, 5.41) is 0. The van der Waals surface area contributed by atoms with E-state index < -0.39 is 23.3 Å². The lowest BCUT2D eigenvalue weighted by atomic mass is 10.1. The van der Waals surface area contributed by atoms with Crippen molar-refractivity contribution in [3.63, 3.8) is 0 Å². The highest BCUT2D eigenvalue weighted by Gasteiger charge is 2.19. The molecule has 58 heavy (non-hydrogen) atoms. The molecule has 0 aliphatic carbocycles. The largest absolute Gasteiger partial charge is 0.292 e. The summed E-state index contributed by atoms with van der Waals surface area (Å²) in [4.78, 5) is 24.3. The SMILES string of the molecule is Fc1cc(F)cc(-n2c(-c3ccc(-c4nc(-c5ccccc5)nc(-c5ccc(-c6nc7ccccc7n6-c6cc(F)cc(F)c6)cc5)n4)cc3)nc3ccccc32)c1. The molecule has 0 spiro atoms. The number of benzene rings is 7. The van der Waals surface area contributed by atoms with Gasteiger partial charge in [-0.2, -0.15) is 0 Å². The smallest absolute Gasteiger partial charge is 0.164 e. The first-order valence-electron chi connectivity index (χ1n) is 18.3. The molecular weight excluding hydrogens is 739 g/mol. The van der Waals surface area contributed by atoms with E-state index >= 15 is 0 Å². The fourth-order valence-corrected chi connectivity index (χ4v) is 7.19. The molecule has 278 valence electrons. The van der Waals surface area contributed by atoms with Crippen molar-refractivity contribution in [3.8, 4) is 68.3 Å². The molecule has 0 saturated carbocycles. The lowest BCUT2D eigenvalue weighted by molar-refractivity contribution is 0.581. The molecule has 0 fully saturated rings.